The van der Waals surface area contributed by atoms with E-state index < -0.39 is 14.1 Å². The van der Waals surface area contributed by atoms with Gasteiger partial charge in [-0.15, -0.1) is 0 Å². The third-order valence-electron chi connectivity index (χ3n) is 5.58. The van der Waals surface area contributed by atoms with Crippen LogP contribution in [0.5, 0.6) is 0 Å². The van der Waals surface area contributed by atoms with E-state index in [1.54, 1.807) is 0 Å². The largest absolute Gasteiger partial charge is 0.411 e. The minimum atomic E-state index is -1.88. The van der Waals surface area contributed by atoms with Crippen LogP contribution in [0.4, 0.5) is 0 Å². The Labute approximate surface area is 154 Å². The fourth-order valence-corrected chi connectivity index (χ4v) is 4.56. The van der Waals surface area contributed by atoms with Crippen molar-refractivity contribution in [3.8, 4) is 0 Å². The Hall–Kier alpha value is 0.0169. The highest BCUT2D eigenvalue weighted by molar-refractivity contribution is 6.74. The number of hydrogen-bond donors (Lipinski definition) is 0. The van der Waals surface area contributed by atoms with E-state index in [9.17, 15) is 0 Å². The lowest BCUT2D eigenvalue weighted by Gasteiger charge is -2.40. The van der Waals surface area contributed by atoms with Crippen LogP contribution in [-0.2, 0) is 23.4 Å². The van der Waals surface area contributed by atoms with Crippen LogP contribution in [0.15, 0.2) is 0 Å². The summed E-state index contributed by atoms with van der Waals surface area (Å²) in [7, 11) is -1.88. The smallest absolute Gasteiger partial charge is 0.192 e. The molecule has 0 unspecified atom stereocenters. The van der Waals surface area contributed by atoms with Crippen molar-refractivity contribution in [2.75, 3.05) is 6.61 Å². The second kappa shape index (κ2) is 7.56. The highest BCUT2D eigenvalue weighted by Crippen LogP contribution is 2.42. The predicted octanol–water partition coefficient (Wildman–Crippen LogP) is 4.46. The van der Waals surface area contributed by atoms with E-state index in [-0.39, 0.29) is 35.7 Å². The Morgan fingerprint density at radius 1 is 1.16 bits per heavy atom. The molecule has 25 heavy (non-hydrogen) atoms. The predicted molar refractivity (Wildman–Crippen MR) is 101 cm³/mol. The van der Waals surface area contributed by atoms with Gasteiger partial charge in [0.25, 0.3) is 0 Å². The molecule has 2 fully saturated rings. The number of fused-ring (bicyclic) bond motifs is 1. The Morgan fingerprint density at radius 3 is 2.36 bits per heavy atom. The second-order valence-electron chi connectivity index (χ2n) is 9.34. The number of hydrogen-bond acceptors (Lipinski definition) is 5. The van der Waals surface area contributed by atoms with E-state index in [2.05, 4.69) is 47.7 Å². The van der Waals surface area contributed by atoms with Gasteiger partial charge in [0.15, 0.2) is 20.4 Å². The first kappa shape index (κ1) is 21.3. The Kier molecular flexibility index (Phi) is 6.45. The third-order valence-corrected chi connectivity index (χ3v) is 10.2. The van der Waals surface area contributed by atoms with Crippen LogP contribution in [0.2, 0.25) is 18.1 Å². The summed E-state index contributed by atoms with van der Waals surface area (Å²) in [6.45, 7) is 20.1. The van der Waals surface area contributed by atoms with Crippen molar-refractivity contribution >= 4 is 8.32 Å². The molecule has 0 bridgehead atoms. The molecule has 0 aliphatic carbocycles. The Morgan fingerprint density at radius 2 is 1.80 bits per heavy atom. The molecule has 2 heterocycles. The second-order valence-corrected chi connectivity index (χ2v) is 14.1. The van der Waals surface area contributed by atoms with Gasteiger partial charge in [0.2, 0.25) is 0 Å². The molecule has 2 aliphatic heterocycles. The number of rotatable bonds is 7. The topological polar surface area (TPSA) is 46.2 Å². The summed E-state index contributed by atoms with van der Waals surface area (Å²) in [5.41, 5.74) is 0. The van der Waals surface area contributed by atoms with Gasteiger partial charge in [-0.25, -0.2) is 0 Å². The fraction of sp³-hybridized carbons (Fsp3) is 1.00. The lowest BCUT2D eigenvalue weighted by atomic mass is 10.1. The van der Waals surface area contributed by atoms with Gasteiger partial charge < -0.3 is 23.4 Å². The lowest BCUT2D eigenvalue weighted by molar-refractivity contribution is -0.227. The molecule has 0 aromatic heterocycles. The van der Waals surface area contributed by atoms with Crippen molar-refractivity contribution in [1.82, 2.24) is 0 Å². The minimum absolute atomic E-state index is 0.0616. The fourth-order valence-electron chi connectivity index (χ4n) is 3.14. The number of unbranched alkanes of at least 4 members (excludes halogenated alkanes) is 1. The van der Waals surface area contributed by atoms with Crippen LogP contribution >= 0.6 is 0 Å². The van der Waals surface area contributed by atoms with Gasteiger partial charge in [-0.1, -0.05) is 34.1 Å². The summed E-state index contributed by atoms with van der Waals surface area (Å²) in [5, 5.41) is 0.156. The first-order valence-corrected chi connectivity index (χ1v) is 12.6. The minimum Gasteiger partial charge on any atom is -0.411 e. The zero-order valence-corrected chi connectivity index (χ0v) is 18.5. The zero-order chi connectivity index (χ0) is 19.0. The van der Waals surface area contributed by atoms with Gasteiger partial charge >= 0.3 is 0 Å². The van der Waals surface area contributed by atoms with Gasteiger partial charge in [0.1, 0.15) is 18.3 Å². The molecule has 0 aromatic carbocycles. The van der Waals surface area contributed by atoms with E-state index in [1.165, 1.54) is 0 Å². The van der Waals surface area contributed by atoms with Crippen LogP contribution < -0.4 is 0 Å². The van der Waals surface area contributed by atoms with Crippen LogP contribution in [0, 0.1) is 0 Å². The molecular formula is C19H38O5Si. The highest BCUT2D eigenvalue weighted by Gasteiger charge is 2.57. The maximum Gasteiger partial charge on any atom is 0.192 e. The molecule has 0 amide bonds. The molecule has 2 saturated heterocycles. The molecule has 148 valence electrons. The van der Waals surface area contributed by atoms with Crippen molar-refractivity contribution in [2.45, 2.75) is 116 Å². The molecule has 5 nitrogen and oxygen atoms in total. The summed E-state index contributed by atoms with van der Waals surface area (Å²) in [6, 6.07) is 0. The van der Waals surface area contributed by atoms with Gasteiger partial charge in [0, 0.05) is 6.61 Å². The van der Waals surface area contributed by atoms with Crippen LogP contribution in [0.3, 0.4) is 0 Å². The van der Waals surface area contributed by atoms with Gasteiger partial charge in [-0.2, -0.15) is 0 Å². The van der Waals surface area contributed by atoms with Crippen molar-refractivity contribution in [3.63, 3.8) is 0 Å². The van der Waals surface area contributed by atoms with E-state index in [0.29, 0.717) is 6.61 Å². The molecule has 6 heteroatoms. The maximum atomic E-state index is 6.56. The van der Waals surface area contributed by atoms with Gasteiger partial charge in [-0.05, 0) is 45.3 Å². The van der Waals surface area contributed by atoms with E-state index in [0.717, 1.165) is 12.8 Å². The molecule has 0 spiro atoms. The zero-order valence-electron chi connectivity index (χ0n) is 17.5. The highest BCUT2D eigenvalue weighted by atomic mass is 28.4. The molecule has 0 N–H and O–H groups in total. The van der Waals surface area contributed by atoms with E-state index in [1.807, 2.05) is 13.8 Å². The first-order valence-electron chi connectivity index (χ1n) is 9.68. The maximum absolute atomic E-state index is 6.56. The van der Waals surface area contributed by atoms with E-state index in [4.69, 9.17) is 23.4 Å². The summed E-state index contributed by atoms with van der Waals surface area (Å²) in [5.74, 6) is -0.629. The third kappa shape index (κ3) is 4.85. The SMILES string of the molecule is CCCCO[C@H]1[C@H]2OC(C)(C)O[C@H]2O[C@@H]1[C@@H](C)O[Si](C)(C)C(C)(C)C. The van der Waals surface area contributed by atoms with Crippen molar-refractivity contribution in [2.24, 2.45) is 0 Å². The van der Waals surface area contributed by atoms with E-state index >= 15 is 0 Å². The van der Waals surface area contributed by atoms with Crippen molar-refractivity contribution in [1.29, 1.82) is 0 Å². The number of ether oxygens (including phenoxy) is 4. The lowest BCUT2D eigenvalue weighted by Crippen LogP contribution is -2.50. The van der Waals surface area contributed by atoms with Crippen LogP contribution in [0.1, 0.15) is 61.3 Å². The monoisotopic (exact) mass is 374 g/mol. The molecule has 5 atom stereocenters. The average molecular weight is 375 g/mol. The molecule has 2 aliphatic rings. The normalized spacial score (nSPS) is 33.5. The van der Waals surface area contributed by atoms with Crippen molar-refractivity contribution < 1.29 is 23.4 Å². The van der Waals surface area contributed by atoms with Crippen LogP contribution in [-0.4, -0.2) is 51.4 Å². The molecule has 0 saturated carbocycles. The average Bonchev–Trinajstić information content (AvgIpc) is 2.90. The first-order chi connectivity index (χ1) is 11.4. The molecule has 0 aromatic rings. The summed E-state index contributed by atoms with van der Waals surface area (Å²) >= 11 is 0. The summed E-state index contributed by atoms with van der Waals surface area (Å²) < 4.78 is 31.0. The Bertz CT molecular complexity index is 446. The molecule has 0 radical (unpaired) electrons. The standard InChI is InChI=1S/C19H38O5Si/c1-10-11-12-20-15-14(13(2)24-25(8,9)18(3,4)5)21-17-16(15)22-19(6,7)23-17/h13-17H,10-12H2,1-9H3/t13-,14-,15-,16-,17-/m1/s1. The molecular weight excluding hydrogens is 336 g/mol. The van der Waals surface area contributed by atoms with Crippen molar-refractivity contribution in [3.05, 3.63) is 0 Å². The van der Waals surface area contributed by atoms with Gasteiger partial charge in [-0.3, -0.25) is 0 Å². The Balaban J connectivity index is 2.09. The summed E-state index contributed by atoms with van der Waals surface area (Å²) in [6.07, 6.45) is 1.18. The van der Waals surface area contributed by atoms with Crippen LogP contribution in [0.25, 0.3) is 0 Å². The molecule has 2 rings (SSSR count). The quantitative estimate of drug-likeness (QED) is 0.486. The summed E-state index contributed by atoms with van der Waals surface area (Å²) in [4.78, 5) is 0. The van der Waals surface area contributed by atoms with Gasteiger partial charge in [0.05, 0.1) is 6.10 Å².